The maximum absolute atomic E-state index is 13.2. The number of nitrogens with one attached hydrogen (secondary N) is 1. The van der Waals surface area contributed by atoms with Gasteiger partial charge in [0.05, 0.1) is 0 Å². The molecule has 3 aromatic rings. The molecule has 1 N–H and O–H groups in total. The lowest BCUT2D eigenvalue weighted by atomic mass is 9.98. The molecule has 0 aromatic heterocycles. The summed E-state index contributed by atoms with van der Waals surface area (Å²) < 4.78 is 31.8. The number of amides is 1. The van der Waals surface area contributed by atoms with Gasteiger partial charge >= 0.3 is 6.09 Å². The SMILES string of the molecule is O=C(NCCC=Cc1cc(F)cc(F)c1)OCC1c2ccccc2-c2ccccc21. The molecule has 0 fully saturated rings. The highest BCUT2D eigenvalue weighted by molar-refractivity contribution is 5.79. The standard InChI is InChI=1S/C25H21F2NO2/c26-18-13-17(14-19(27)15-18)7-5-6-12-28-25(29)30-16-24-22-10-3-1-8-20(22)21-9-2-4-11-23(21)24/h1-5,7-11,13-15,24H,6,12,16H2,(H,28,29). The Balaban J connectivity index is 1.28. The largest absolute Gasteiger partial charge is 0.449 e. The van der Waals surface area contributed by atoms with E-state index in [1.165, 1.54) is 23.3 Å². The third-order valence-electron chi connectivity index (χ3n) is 5.12. The molecule has 1 aliphatic rings. The minimum Gasteiger partial charge on any atom is -0.449 e. The van der Waals surface area contributed by atoms with Gasteiger partial charge in [0.25, 0.3) is 0 Å². The van der Waals surface area contributed by atoms with Crippen LogP contribution in [0.15, 0.2) is 72.8 Å². The first-order chi connectivity index (χ1) is 14.6. The lowest BCUT2D eigenvalue weighted by Gasteiger charge is -2.14. The average Bonchev–Trinajstić information content (AvgIpc) is 3.05. The minimum absolute atomic E-state index is 0.0194. The first kappa shape index (κ1) is 19.8. The van der Waals surface area contributed by atoms with Crippen molar-refractivity contribution in [2.45, 2.75) is 12.3 Å². The highest BCUT2D eigenvalue weighted by Gasteiger charge is 2.28. The fraction of sp³-hybridized carbons (Fsp3) is 0.160. The molecule has 0 atom stereocenters. The van der Waals surface area contributed by atoms with Crippen LogP contribution >= 0.6 is 0 Å². The number of halogens is 2. The van der Waals surface area contributed by atoms with Gasteiger partial charge in [-0.05, 0) is 46.4 Å². The van der Waals surface area contributed by atoms with Gasteiger partial charge in [-0.1, -0.05) is 60.7 Å². The van der Waals surface area contributed by atoms with Crippen molar-refractivity contribution in [2.75, 3.05) is 13.2 Å². The van der Waals surface area contributed by atoms with Crippen molar-refractivity contribution in [2.24, 2.45) is 0 Å². The van der Waals surface area contributed by atoms with Crippen LogP contribution in [0.2, 0.25) is 0 Å². The summed E-state index contributed by atoms with van der Waals surface area (Å²) in [6.45, 7) is 0.628. The number of ether oxygens (including phenoxy) is 1. The Morgan fingerprint density at radius 1 is 0.933 bits per heavy atom. The summed E-state index contributed by atoms with van der Waals surface area (Å²) in [6.07, 6.45) is 3.40. The molecule has 1 aliphatic carbocycles. The highest BCUT2D eigenvalue weighted by Crippen LogP contribution is 2.44. The molecule has 0 spiro atoms. The predicted octanol–water partition coefficient (Wildman–Crippen LogP) is 5.91. The van der Waals surface area contributed by atoms with Crippen LogP contribution in [0, 0.1) is 11.6 Å². The molecule has 0 radical (unpaired) electrons. The van der Waals surface area contributed by atoms with Crippen molar-refractivity contribution in [1.29, 1.82) is 0 Å². The van der Waals surface area contributed by atoms with Gasteiger partial charge in [-0.2, -0.15) is 0 Å². The Bertz CT molecular complexity index is 1030. The summed E-state index contributed by atoms with van der Waals surface area (Å²) in [5.74, 6) is -1.22. The quantitative estimate of drug-likeness (QED) is 0.518. The third-order valence-corrected chi connectivity index (χ3v) is 5.12. The molecular weight excluding hydrogens is 384 g/mol. The zero-order valence-electron chi connectivity index (χ0n) is 16.3. The number of rotatable bonds is 6. The van der Waals surface area contributed by atoms with Crippen LogP contribution in [0.5, 0.6) is 0 Å². The molecule has 0 unspecified atom stereocenters. The van der Waals surface area contributed by atoms with E-state index in [0.717, 1.165) is 17.2 Å². The molecule has 0 saturated carbocycles. The number of alkyl carbamates (subject to hydrolysis) is 1. The number of hydrogen-bond donors (Lipinski definition) is 1. The second-order valence-electron chi connectivity index (χ2n) is 7.15. The molecule has 4 rings (SSSR count). The normalized spacial score (nSPS) is 12.6. The molecule has 0 saturated heterocycles. The number of benzene rings is 3. The fourth-order valence-corrected chi connectivity index (χ4v) is 3.80. The molecule has 5 heteroatoms. The Kier molecular flexibility index (Phi) is 5.89. The minimum atomic E-state index is -0.619. The van der Waals surface area contributed by atoms with E-state index in [-0.39, 0.29) is 12.5 Å². The van der Waals surface area contributed by atoms with Gasteiger partial charge < -0.3 is 10.1 Å². The summed E-state index contributed by atoms with van der Waals surface area (Å²) in [5.41, 5.74) is 5.13. The van der Waals surface area contributed by atoms with Gasteiger partial charge in [-0.15, -0.1) is 0 Å². The molecule has 0 bridgehead atoms. The van der Waals surface area contributed by atoms with E-state index in [4.69, 9.17) is 4.74 Å². The van der Waals surface area contributed by atoms with Crippen LogP contribution < -0.4 is 5.32 Å². The Morgan fingerprint density at radius 3 is 2.17 bits per heavy atom. The van der Waals surface area contributed by atoms with E-state index in [1.54, 1.807) is 12.2 Å². The first-order valence-corrected chi connectivity index (χ1v) is 9.83. The fourth-order valence-electron chi connectivity index (χ4n) is 3.80. The first-order valence-electron chi connectivity index (χ1n) is 9.83. The van der Waals surface area contributed by atoms with Crippen LogP contribution in [0.1, 0.15) is 29.0 Å². The highest BCUT2D eigenvalue weighted by atomic mass is 19.1. The molecular formula is C25H21F2NO2. The van der Waals surface area contributed by atoms with Gasteiger partial charge in [0.1, 0.15) is 18.2 Å². The predicted molar refractivity (Wildman–Crippen MR) is 113 cm³/mol. The number of fused-ring (bicyclic) bond motifs is 3. The number of carbonyl (C=O) groups is 1. The summed E-state index contributed by atoms with van der Waals surface area (Å²) in [7, 11) is 0. The molecule has 0 aliphatic heterocycles. The van der Waals surface area contributed by atoms with Crippen LogP contribution in [0.3, 0.4) is 0 Å². The van der Waals surface area contributed by atoms with Crippen LogP contribution in [-0.2, 0) is 4.74 Å². The molecule has 152 valence electrons. The van der Waals surface area contributed by atoms with Crippen molar-refractivity contribution >= 4 is 12.2 Å². The number of hydrogen-bond acceptors (Lipinski definition) is 2. The molecule has 1 amide bonds. The summed E-state index contributed by atoms with van der Waals surface area (Å²) in [6, 6.07) is 19.7. The summed E-state index contributed by atoms with van der Waals surface area (Å²) in [5, 5.41) is 2.70. The molecule has 3 aromatic carbocycles. The van der Waals surface area contributed by atoms with Crippen LogP contribution in [-0.4, -0.2) is 19.2 Å². The van der Waals surface area contributed by atoms with E-state index in [0.29, 0.717) is 18.5 Å². The maximum Gasteiger partial charge on any atom is 0.407 e. The Hall–Kier alpha value is -3.47. The molecule has 30 heavy (non-hydrogen) atoms. The maximum atomic E-state index is 13.2. The van der Waals surface area contributed by atoms with E-state index in [1.807, 2.05) is 24.3 Å². The van der Waals surface area contributed by atoms with Crippen molar-refractivity contribution in [3.63, 3.8) is 0 Å². The van der Waals surface area contributed by atoms with Crippen LogP contribution in [0.25, 0.3) is 17.2 Å². The van der Waals surface area contributed by atoms with E-state index in [9.17, 15) is 13.6 Å². The van der Waals surface area contributed by atoms with E-state index in [2.05, 4.69) is 29.6 Å². The molecule has 3 nitrogen and oxygen atoms in total. The monoisotopic (exact) mass is 405 g/mol. The van der Waals surface area contributed by atoms with Gasteiger partial charge in [-0.3, -0.25) is 0 Å². The third kappa shape index (κ3) is 4.40. The van der Waals surface area contributed by atoms with Gasteiger partial charge in [0.15, 0.2) is 0 Å². The van der Waals surface area contributed by atoms with E-state index < -0.39 is 17.7 Å². The van der Waals surface area contributed by atoms with Crippen molar-refractivity contribution in [1.82, 2.24) is 5.32 Å². The smallest absolute Gasteiger partial charge is 0.407 e. The lowest BCUT2D eigenvalue weighted by molar-refractivity contribution is 0.143. The molecule has 0 heterocycles. The Labute approximate surface area is 174 Å². The zero-order valence-corrected chi connectivity index (χ0v) is 16.3. The second-order valence-corrected chi connectivity index (χ2v) is 7.15. The van der Waals surface area contributed by atoms with E-state index >= 15 is 0 Å². The summed E-state index contributed by atoms with van der Waals surface area (Å²) in [4.78, 5) is 12.1. The second kappa shape index (κ2) is 8.91. The van der Waals surface area contributed by atoms with Crippen LogP contribution in [0.4, 0.5) is 13.6 Å². The summed E-state index contributed by atoms with van der Waals surface area (Å²) >= 11 is 0. The van der Waals surface area contributed by atoms with Gasteiger partial charge in [0, 0.05) is 18.5 Å². The lowest BCUT2D eigenvalue weighted by Crippen LogP contribution is -2.26. The number of carbonyl (C=O) groups excluding carboxylic acids is 1. The Morgan fingerprint density at radius 2 is 1.53 bits per heavy atom. The average molecular weight is 405 g/mol. The van der Waals surface area contributed by atoms with Gasteiger partial charge in [-0.25, -0.2) is 13.6 Å². The van der Waals surface area contributed by atoms with Crippen molar-refractivity contribution in [3.8, 4) is 11.1 Å². The van der Waals surface area contributed by atoms with Crippen molar-refractivity contribution < 1.29 is 18.3 Å². The van der Waals surface area contributed by atoms with Crippen molar-refractivity contribution in [3.05, 3.63) is 101 Å². The van der Waals surface area contributed by atoms with Gasteiger partial charge in [0.2, 0.25) is 0 Å². The zero-order chi connectivity index (χ0) is 20.9. The topological polar surface area (TPSA) is 38.3 Å².